The van der Waals surface area contributed by atoms with Crippen molar-refractivity contribution >= 4 is 17.3 Å². The predicted molar refractivity (Wildman–Crippen MR) is 127 cm³/mol. The Labute approximate surface area is 184 Å². The summed E-state index contributed by atoms with van der Waals surface area (Å²) in [4.78, 5) is 14.1. The first-order valence-corrected chi connectivity index (χ1v) is 10.9. The summed E-state index contributed by atoms with van der Waals surface area (Å²) in [6.07, 6.45) is 0.862. The number of nitrogens with one attached hydrogen (secondary N) is 1. The van der Waals surface area contributed by atoms with E-state index in [1.807, 2.05) is 41.3 Å². The van der Waals surface area contributed by atoms with Crippen molar-refractivity contribution in [2.24, 2.45) is 0 Å². The van der Waals surface area contributed by atoms with Crippen LogP contribution in [0.25, 0.3) is 0 Å². The first-order valence-electron chi connectivity index (χ1n) is 10.9. The number of carbonyl (C=O) groups is 1. The SMILES string of the molecule is CC(=O)N1c2ccccc2C(Nc2cc(C)c(OCc3ccccc3)c(C)c2)CC1C. The second kappa shape index (κ2) is 8.84. The molecule has 4 heteroatoms. The maximum Gasteiger partial charge on any atom is 0.224 e. The number of hydrogen-bond donors (Lipinski definition) is 1. The lowest BCUT2D eigenvalue weighted by Crippen LogP contribution is -2.43. The van der Waals surface area contributed by atoms with Crippen molar-refractivity contribution in [3.05, 3.63) is 89.0 Å². The van der Waals surface area contributed by atoms with Crippen LogP contribution in [-0.2, 0) is 11.4 Å². The fraction of sp³-hybridized carbons (Fsp3) is 0.296. The third-order valence-corrected chi connectivity index (χ3v) is 5.96. The minimum absolute atomic E-state index is 0.0880. The highest BCUT2D eigenvalue weighted by atomic mass is 16.5. The number of amides is 1. The first-order chi connectivity index (χ1) is 14.9. The van der Waals surface area contributed by atoms with E-state index < -0.39 is 0 Å². The fourth-order valence-corrected chi connectivity index (χ4v) is 4.62. The average Bonchev–Trinajstić information content (AvgIpc) is 2.73. The van der Waals surface area contributed by atoms with Gasteiger partial charge in [-0.3, -0.25) is 4.79 Å². The molecule has 0 saturated carbocycles. The molecule has 2 atom stereocenters. The lowest BCUT2D eigenvalue weighted by atomic mass is 9.91. The number of hydrogen-bond acceptors (Lipinski definition) is 3. The monoisotopic (exact) mass is 414 g/mol. The van der Waals surface area contributed by atoms with Crippen molar-refractivity contribution in [2.75, 3.05) is 10.2 Å². The van der Waals surface area contributed by atoms with Crippen LogP contribution in [0.2, 0.25) is 0 Å². The molecule has 0 fully saturated rings. The van der Waals surface area contributed by atoms with E-state index in [0.29, 0.717) is 6.61 Å². The van der Waals surface area contributed by atoms with Crippen LogP contribution in [0.5, 0.6) is 5.75 Å². The van der Waals surface area contributed by atoms with Crippen LogP contribution >= 0.6 is 0 Å². The van der Waals surface area contributed by atoms with Gasteiger partial charge in [-0.25, -0.2) is 0 Å². The molecule has 160 valence electrons. The molecule has 0 radical (unpaired) electrons. The first kappa shape index (κ1) is 21.0. The topological polar surface area (TPSA) is 41.6 Å². The zero-order valence-corrected chi connectivity index (χ0v) is 18.7. The van der Waals surface area contributed by atoms with E-state index in [-0.39, 0.29) is 18.0 Å². The van der Waals surface area contributed by atoms with Crippen LogP contribution in [-0.4, -0.2) is 11.9 Å². The van der Waals surface area contributed by atoms with E-state index in [0.717, 1.165) is 45.8 Å². The Morgan fingerprint density at radius 2 is 1.68 bits per heavy atom. The van der Waals surface area contributed by atoms with Gasteiger partial charge in [0.2, 0.25) is 5.91 Å². The van der Waals surface area contributed by atoms with Crippen molar-refractivity contribution in [3.8, 4) is 5.75 Å². The molecule has 2 unspecified atom stereocenters. The summed E-state index contributed by atoms with van der Waals surface area (Å²) in [5.74, 6) is 1.03. The normalized spacial score (nSPS) is 17.7. The number of carbonyl (C=O) groups excluding carboxylic acids is 1. The maximum atomic E-state index is 12.2. The highest BCUT2D eigenvalue weighted by Crippen LogP contribution is 2.39. The van der Waals surface area contributed by atoms with Gasteiger partial charge in [-0.2, -0.15) is 0 Å². The summed E-state index contributed by atoms with van der Waals surface area (Å²) >= 11 is 0. The molecular formula is C27H30N2O2. The molecule has 0 bridgehead atoms. The number of benzene rings is 3. The number of rotatable bonds is 5. The molecule has 0 saturated heterocycles. The summed E-state index contributed by atoms with van der Waals surface area (Å²) in [5, 5.41) is 3.72. The molecule has 1 N–H and O–H groups in total. The van der Waals surface area contributed by atoms with E-state index in [1.165, 1.54) is 0 Å². The van der Waals surface area contributed by atoms with Crippen molar-refractivity contribution in [1.82, 2.24) is 0 Å². The standard InChI is InChI=1S/C27H30N2O2/c1-18-14-23(15-19(2)27(18)31-17-22-10-6-5-7-11-22)28-25-16-20(3)29(21(4)30)26-13-9-8-12-24(25)26/h5-15,20,25,28H,16-17H2,1-4H3. The third kappa shape index (κ3) is 4.43. The van der Waals surface area contributed by atoms with Gasteiger partial charge in [0.1, 0.15) is 12.4 Å². The lowest BCUT2D eigenvalue weighted by molar-refractivity contribution is -0.117. The molecule has 1 aliphatic heterocycles. The quantitative estimate of drug-likeness (QED) is 0.542. The molecule has 1 heterocycles. The third-order valence-electron chi connectivity index (χ3n) is 5.96. The van der Waals surface area contributed by atoms with Crippen molar-refractivity contribution in [1.29, 1.82) is 0 Å². The Morgan fingerprint density at radius 3 is 2.35 bits per heavy atom. The zero-order valence-electron chi connectivity index (χ0n) is 18.7. The Balaban J connectivity index is 1.55. The predicted octanol–water partition coefficient (Wildman–Crippen LogP) is 6.18. The van der Waals surface area contributed by atoms with Crippen LogP contribution in [0.4, 0.5) is 11.4 Å². The van der Waals surface area contributed by atoms with Crippen LogP contribution in [0.1, 0.15) is 48.6 Å². The summed E-state index contributed by atoms with van der Waals surface area (Å²) in [6.45, 7) is 8.50. The summed E-state index contributed by atoms with van der Waals surface area (Å²) in [5.41, 5.74) is 6.62. The van der Waals surface area contributed by atoms with E-state index >= 15 is 0 Å². The summed E-state index contributed by atoms with van der Waals surface area (Å²) in [6, 6.07) is 23.0. The molecule has 0 aliphatic carbocycles. The van der Waals surface area contributed by atoms with E-state index in [4.69, 9.17) is 4.74 Å². The van der Waals surface area contributed by atoms with Crippen molar-refractivity contribution in [3.63, 3.8) is 0 Å². The van der Waals surface area contributed by atoms with Gasteiger partial charge in [-0.15, -0.1) is 0 Å². The molecule has 0 aromatic heterocycles. The number of para-hydroxylation sites is 1. The van der Waals surface area contributed by atoms with E-state index in [2.05, 4.69) is 56.4 Å². The van der Waals surface area contributed by atoms with Gasteiger partial charge in [0.15, 0.2) is 0 Å². The Kier molecular flexibility index (Phi) is 5.99. The van der Waals surface area contributed by atoms with Crippen molar-refractivity contribution in [2.45, 2.75) is 52.8 Å². The largest absolute Gasteiger partial charge is 0.488 e. The van der Waals surface area contributed by atoms with Crippen LogP contribution in [0.3, 0.4) is 0 Å². The second-order valence-corrected chi connectivity index (χ2v) is 8.44. The summed E-state index contributed by atoms with van der Waals surface area (Å²) in [7, 11) is 0. The van der Waals surface area contributed by atoms with Gasteiger partial charge < -0.3 is 15.0 Å². The lowest BCUT2D eigenvalue weighted by Gasteiger charge is -2.39. The molecule has 1 amide bonds. The molecule has 31 heavy (non-hydrogen) atoms. The fourth-order valence-electron chi connectivity index (χ4n) is 4.62. The minimum Gasteiger partial charge on any atom is -0.488 e. The number of anilines is 2. The number of ether oxygens (including phenoxy) is 1. The van der Waals surface area contributed by atoms with Gasteiger partial charge in [0.25, 0.3) is 0 Å². The Hall–Kier alpha value is -3.27. The molecule has 0 spiro atoms. The number of aryl methyl sites for hydroxylation is 2. The van der Waals surface area contributed by atoms with Crippen LogP contribution < -0.4 is 15.0 Å². The highest BCUT2D eigenvalue weighted by Gasteiger charge is 2.32. The maximum absolute atomic E-state index is 12.2. The molecule has 1 aliphatic rings. The second-order valence-electron chi connectivity index (χ2n) is 8.44. The van der Waals surface area contributed by atoms with Crippen LogP contribution in [0, 0.1) is 13.8 Å². The van der Waals surface area contributed by atoms with Crippen molar-refractivity contribution < 1.29 is 9.53 Å². The minimum atomic E-state index is 0.0880. The van der Waals surface area contributed by atoms with Gasteiger partial charge in [-0.05, 0) is 67.6 Å². The van der Waals surface area contributed by atoms with Gasteiger partial charge >= 0.3 is 0 Å². The highest BCUT2D eigenvalue weighted by molar-refractivity contribution is 5.93. The van der Waals surface area contributed by atoms with Gasteiger partial charge in [-0.1, -0.05) is 48.5 Å². The van der Waals surface area contributed by atoms with Gasteiger partial charge in [0.05, 0.1) is 6.04 Å². The summed E-state index contributed by atoms with van der Waals surface area (Å²) < 4.78 is 6.14. The smallest absolute Gasteiger partial charge is 0.224 e. The van der Waals surface area contributed by atoms with Gasteiger partial charge in [0, 0.05) is 24.3 Å². The number of nitrogens with zero attached hydrogens (tertiary/aromatic N) is 1. The molecule has 4 nitrogen and oxygen atoms in total. The Bertz CT molecular complexity index is 1050. The Morgan fingerprint density at radius 1 is 1.03 bits per heavy atom. The van der Waals surface area contributed by atoms with E-state index in [1.54, 1.807) is 6.92 Å². The van der Waals surface area contributed by atoms with E-state index in [9.17, 15) is 4.79 Å². The molecular weight excluding hydrogens is 384 g/mol. The molecule has 4 rings (SSSR count). The zero-order chi connectivity index (χ0) is 22.0. The number of fused-ring (bicyclic) bond motifs is 1. The molecule has 3 aromatic carbocycles. The van der Waals surface area contributed by atoms with Crippen LogP contribution in [0.15, 0.2) is 66.7 Å². The average molecular weight is 415 g/mol. The molecule has 3 aromatic rings.